The van der Waals surface area contributed by atoms with Gasteiger partial charge in [0.2, 0.25) is 0 Å². The number of carbonyl (C=O) groups is 2. The topological polar surface area (TPSA) is 203 Å². The molecular weight excluding hydrogens is 438 g/mol. The first-order chi connectivity index (χ1) is 15.7. The summed E-state index contributed by atoms with van der Waals surface area (Å²) in [6.45, 7) is 0.634. The molecule has 1 unspecified atom stereocenters. The van der Waals surface area contributed by atoms with Gasteiger partial charge in [-0.3, -0.25) is 20.7 Å². The standard InChI is InChI=1S/C20H31N5O8/c1-30-17-13-14(7-9-18(26)31-11-2-3-12-32-25(28)29)6-8-16(17)33-19(27)15(21)5-4-10-24-20(22)23/h6-9,13,15,28-29H,2-5,10-12,21H2,1H3,(H4,22,23,24)/b9-7+. The van der Waals surface area contributed by atoms with E-state index in [1.54, 1.807) is 12.1 Å². The average Bonchev–Trinajstić information content (AvgIpc) is 2.77. The summed E-state index contributed by atoms with van der Waals surface area (Å²) in [5, 5.41) is 26.1. The minimum absolute atomic E-state index is 0.0685. The van der Waals surface area contributed by atoms with E-state index in [9.17, 15) is 9.59 Å². The number of benzene rings is 1. The van der Waals surface area contributed by atoms with Crippen LogP contribution in [0.1, 0.15) is 31.2 Å². The van der Waals surface area contributed by atoms with Crippen LogP contribution in [-0.2, 0) is 19.2 Å². The predicted molar refractivity (Wildman–Crippen MR) is 116 cm³/mol. The first kappa shape index (κ1) is 27.8. The van der Waals surface area contributed by atoms with Crippen LogP contribution in [0.2, 0.25) is 0 Å². The van der Waals surface area contributed by atoms with Crippen molar-refractivity contribution in [1.29, 1.82) is 5.41 Å². The second-order valence-corrected chi connectivity index (χ2v) is 6.71. The van der Waals surface area contributed by atoms with Crippen molar-refractivity contribution in [1.82, 2.24) is 10.7 Å². The van der Waals surface area contributed by atoms with E-state index < -0.39 is 18.0 Å². The molecule has 0 aromatic heterocycles. The van der Waals surface area contributed by atoms with Crippen LogP contribution < -0.4 is 26.3 Å². The van der Waals surface area contributed by atoms with E-state index in [4.69, 9.17) is 41.5 Å². The van der Waals surface area contributed by atoms with E-state index in [1.807, 2.05) is 0 Å². The van der Waals surface area contributed by atoms with Crippen LogP contribution in [0.25, 0.3) is 6.08 Å². The van der Waals surface area contributed by atoms with Crippen molar-refractivity contribution in [2.45, 2.75) is 31.7 Å². The van der Waals surface area contributed by atoms with E-state index in [0.717, 1.165) is 0 Å². The fourth-order valence-corrected chi connectivity index (χ4v) is 2.45. The van der Waals surface area contributed by atoms with Crippen LogP contribution >= 0.6 is 0 Å². The lowest BCUT2D eigenvalue weighted by atomic mass is 10.1. The van der Waals surface area contributed by atoms with Crippen molar-refractivity contribution >= 4 is 24.0 Å². The van der Waals surface area contributed by atoms with Gasteiger partial charge in [-0.15, -0.1) is 0 Å². The van der Waals surface area contributed by atoms with Gasteiger partial charge in [0.25, 0.3) is 0 Å². The minimum atomic E-state index is -0.851. The molecule has 0 amide bonds. The lowest BCUT2D eigenvalue weighted by Crippen LogP contribution is -2.36. The van der Waals surface area contributed by atoms with Gasteiger partial charge in [0.15, 0.2) is 17.5 Å². The molecule has 0 saturated carbocycles. The molecule has 0 aliphatic rings. The van der Waals surface area contributed by atoms with Gasteiger partial charge in [-0.05, 0) is 49.5 Å². The zero-order valence-electron chi connectivity index (χ0n) is 18.4. The third-order valence-electron chi connectivity index (χ3n) is 4.11. The van der Waals surface area contributed by atoms with Gasteiger partial charge in [0, 0.05) is 12.6 Å². The molecular formula is C20H31N5O8. The van der Waals surface area contributed by atoms with Gasteiger partial charge in [-0.2, -0.15) is 0 Å². The Morgan fingerprint density at radius 3 is 2.61 bits per heavy atom. The van der Waals surface area contributed by atoms with Crippen molar-refractivity contribution in [2.24, 2.45) is 11.5 Å². The Hall–Kier alpha value is -3.23. The Morgan fingerprint density at radius 2 is 1.94 bits per heavy atom. The SMILES string of the molecule is COc1cc(/C=C/C(=O)OCCCCON(O)O)ccc1OC(=O)C(N)CCCNC(=N)N. The molecule has 1 aromatic rings. The summed E-state index contributed by atoms with van der Waals surface area (Å²) < 4.78 is 15.6. The van der Waals surface area contributed by atoms with Crippen LogP contribution in [0.3, 0.4) is 0 Å². The molecule has 0 radical (unpaired) electrons. The highest BCUT2D eigenvalue weighted by Gasteiger charge is 2.18. The van der Waals surface area contributed by atoms with Crippen LogP contribution in [0, 0.1) is 5.41 Å². The first-order valence-corrected chi connectivity index (χ1v) is 10.1. The number of esters is 2. The third kappa shape index (κ3) is 12.4. The quantitative estimate of drug-likeness (QED) is 0.0396. The summed E-state index contributed by atoms with van der Waals surface area (Å²) in [6.07, 6.45) is 4.58. The Morgan fingerprint density at radius 1 is 1.21 bits per heavy atom. The van der Waals surface area contributed by atoms with Crippen molar-refractivity contribution in [2.75, 3.05) is 26.9 Å². The number of hydrogen-bond donors (Lipinski definition) is 6. The maximum absolute atomic E-state index is 12.2. The molecule has 184 valence electrons. The van der Waals surface area contributed by atoms with Gasteiger partial charge >= 0.3 is 11.9 Å². The number of nitrogens with one attached hydrogen (secondary N) is 2. The zero-order valence-corrected chi connectivity index (χ0v) is 18.4. The molecule has 8 N–H and O–H groups in total. The van der Waals surface area contributed by atoms with Gasteiger partial charge in [0.05, 0.1) is 25.7 Å². The Balaban J connectivity index is 2.51. The van der Waals surface area contributed by atoms with Gasteiger partial charge in [0.1, 0.15) is 6.04 Å². The lowest BCUT2D eigenvalue weighted by molar-refractivity contribution is -0.492. The average molecular weight is 469 g/mol. The molecule has 0 aliphatic carbocycles. The van der Waals surface area contributed by atoms with Gasteiger partial charge in [-0.1, -0.05) is 6.07 Å². The zero-order chi connectivity index (χ0) is 24.6. The fraction of sp³-hybridized carbons (Fsp3) is 0.450. The van der Waals surface area contributed by atoms with E-state index in [1.165, 1.54) is 25.3 Å². The molecule has 0 heterocycles. The number of methoxy groups -OCH3 is 1. The van der Waals surface area contributed by atoms with Crippen molar-refractivity contribution < 1.29 is 39.1 Å². The number of rotatable bonds is 15. The third-order valence-corrected chi connectivity index (χ3v) is 4.11. The molecule has 0 aliphatic heterocycles. The number of unbranched alkanes of at least 4 members (excludes halogenated alkanes) is 1. The molecule has 13 nitrogen and oxygen atoms in total. The molecule has 0 fully saturated rings. The Bertz CT molecular complexity index is 803. The number of carbonyl (C=O) groups excluding carboxylic acids is 2. The normalized spacial score (nSPS) is 11.9. The Kier molecular flexibility index (Phi) is 13.1. The van der Waals surface area contributed by atoms with Crippen LogP contribution in [0.5, 0.6) is 11.5 Å². The summed E-state index contributed by atoms with van der Waals surface area (Å²) >= 11 is 0. The molecule has 1 aromatic carbocycles. The highest BCUT2D eigenvalue weighted by Crippen LogP contribution is 2.29. The summed E-state index contributed by atoms with van der Waals surface area (Å²) in [4.78, 5) is 28.4. The molecule has 0 saturated heterocycles. The predicted octanol–water partition coefficient (Wildman–Crippen LogP) is 0.540. The number of nitrogens with two attached hydrogens (primary N) is 2. The first-order valence-electron chi connectivity index (χ1n) is 10.1. The smallest absolute Gasteiger partial charge is 0.330 e. The Labute approximate surface area is 191 Å². The van der Waals surface area contributed by atoms with Crippen molar-refractivity contribution in [3.8, 4) is 11.5 Å². The summed E-state index contributed by atoms with van der Waals surface area (Å²) in [5.74, 6) is -0.861. The van der Waals surface area contributed by atoms with Crippen LogP contribution in [0.15, 0.2) is 24.3 Å². The second kappa shape index (κ2) is 15.6. The number of guanidine groups is 1. The highest BCUT2D eigenvalue weighted by atomic mass is 17.1. The van der Waals surface area contributed by atoms with E-state index >= 15 is 0 Å². The summed E-state index contributed by atoms with van der Waals surface area (Å²) in [5.41, 5.74) is 11.6. The maximum atomic E-state index is 12.2. The van der Waals surface area contributed by atoms with E-state index in [2.05, 4.69) is 10.2 Å². The number of hydrogen-bond acceptors (Lipinski definition) is 11. The van der Waals surface area contributed by atoms with E-state index in [-0.39, 0.29) is 36.1 Å². The maximum Gasteiger partial charge on any atom is 0.330 e. The minimum Gasteiger partial charge on any atom is -0.493 e. The van der Waals surface area contributed by atoms with Gasteiger partial charge < -0.3 is 31.0 Å². The summed E-state index contributed by atoms with van der Waals surface area (Å²) in [6, 6.07) is 3.89. The lowest BCUT2D eigenvalue weighted by Gasteiger charge is -2.14. The molecule has 0 bridgehead atoms. The second-order valence-electron chi connectivity index (χ2n) is 6.71. The molecule has 1 atom stereocenters. The molecule has 33 heavy (non-hydrogen) atoms. The van der Waals surface area contributed by atoms with Crippen LogP contribution in [0.4, 0.5) is 0 Å². The van der Waals surface area contributed by atoms with E-state index in [0.29, 0.717) is 37.8 Å². The molecule has 1 rings (SSSR count). The summed E-state index contributed by atoms with van der Waals surface area (Å²) in [7, 11) is 1.41. The molecule has 13 heteroatoms. The largest absolute Gasteiger partial charge is 0.493 e. The van der Waals surface area contributed by atoms with Crippen molar-refractivity contribution in [3.05, 3.63) is 29.8 Å². The van der Waals surface area contributed by atoms with Gasteiger partial charge in [-0.25, -0.2) is 9.59 Å². The van der Waals surface area contributed by atoms with Crippen molar-refractivity contribution in [3.63, 3.8) is 0 Å². The monoisotopic (exact) mass is 469 g/mol. The number of nitrogens with zero attached hydrogens (tertiary/aromatic N) is 1. The molecule has 0 spiro atoms. The number of ether oxygens (including phenoxy) is 3. The fourth-order valence-electron chi connectivity index (χ4n) is 2.45. The van der Waals surface area contributed by atoms with Crippen LogP contribution in [-0.4, -0.2) is 66.6 Å². The highest BCUT2D eigenvalue weighted by molar-refractivity contribution is 5.87.